The second-order valence-corrected chi connectivity index (χ2v) is 4.01. The van der Waals surface area contributed by atoms with E-state index in [1.54, 1.807) is 12.1 Å². The zero-order valence-corrected chi connectivity index (χ0v) is 13.8. The molecule has 2 rings (SSSR count). The van der Waals surface area contributed by atoms with Crippen molar-refractivity contribution in [1.29, 1.82) is 0 Å². The van der Waals surface area contributed by atoms with Crippen molar-refractivity contribution in [1.82, 2.24) is 9.97 Å². The Bertz CT molecular complexity index is 571. The fourth-order valence-corrected chi connectivity index (χ4v) is 1.73. The summed E-state index contributed by atoms with van der Waals surface area (Å²) in [6, 6.07) is 6.13. The van der Waals surface area contributed by atoms with E-state index >= 15 is 0 Å². The van der Waals surface area contributed by atoms with Gasteiger partial charge in [0.05, 0.1) is 0 Å². The van der Waals surface area contributed by atoms with Gasteiger partial charge in [0.15, 0.2) is 4.77 Å². The second-order valence-electron chi connectivity index (χ2n) is 3.62. The van der Waals surface area contributed by atoms with Crippen molar-refractivity contribution in [2.75, 3.05) is 11.5 Å². The van der Waals surface area contributed by atoms with Gasteiger partial charge >= 0.3 is 51.4 Å². The molecule has 0 amide bonds. The van der Waals surface area contributed by atoms with Crippen LogP contribution in [0.3, 0.4) is 0 Å². The number of nitrogens with zero attached hydrogens (tertiary/aromatic N) is 1. The zero-order chi connectivity index (χ0) is 12.4. The van der Waals surface area contributed by atoms with Crippen molar-refractivity contribution in [2.24, 2.45) is 0 Å². The summed E-state index contributed by atoms with van der Waals surface area (Å²) in [4.78, 5) is 6.67. The van der Waals surface area contributed by atoms with Gasteiger partial charge in [-0.3, -0.25) is 0 Å². The van der Waals surface area contributed by atoms with Crippen LogP contribution >= 0.6 is 12.2 Å². The van der Waals surface area contributed by atoms with E-state index < -0.39 is 0 Å². The number of nitrogens with one attached hydrogen (secondary N) is 1. The average Bonchev–Trinajstić information content (AvgIpc) is 2.26. The van der Waals surface area contributed by atoms with Crippen LogP contribution in [0.15, 0.2) is 24.3 Å². The van der Waals surface area contributed by atoms with Gasteiger partial charge in [0, 0.05) is 12.0 Å². The Morgan fingerprint density at radius 3 is 2.39 bits per heavy atom. The minimum atomic E-state index is -0.278. The number of nitrogen functional groups attached to an aromatic ring is 2. The van der Waals surface area contributed by atoms with E-state index in [4.69, 9.17) is 23.7 Å². The van der Waals surface area contributed by atoms with Gasteiger partial charge in [0.1, 0.15) is 17.5 Å². The van der Waals surface area contributed by atoms with Crippen LogP contribution in [0.2, 0.25) is 0 Å². The SMILES string of the molecule is Nc1nc(=S)[nH]c(N)c1Cc1ccc(F)cc1.[K+]. The molecule has 1 aromatic carbocycles. The number of nitrogens with two attached hydrogens (primary N) is 2. The molecule has 88 valence electrons. The number of rotatable bonds is 2. The van der Waals surface area contributed by atoms with Gasteiger partial charge in [0.25, 0.3) is 0 Å². The van der Waals surface area contributed by atoms with Gasteiger partial charge in [0.2, 0.25) is 0 Å². The Morgan fingerprint density at radius 2 is 1.83 bits per heavy atom. The van der Waals surface area contributed by atoms with Crippen molar-refractivity contribution in [3.8, 4) is 0 Å². The molecule has 0 spiro atoms. The first-order valence-corrected chi connectivity index (χ1v) is 5.35. The molecule has 0 fully saturated rings. The molecule has 1 heterocycles. The van der Waals surface area contributed by atoms with Gasteiger partial charge < -0.3 is 16.5 Å². The topological polar surface area (TPSA) is 80.7 Å². The average molecular weight is 289 g/mol. The molecule has 2 aromatic rings. The molecule has 18 heavy (non-hydrogen) atoms. The molecule has 0 aliphatic rings. The Labute approximate surface area is 151 Å². The fourth-order valence-electron chi connectivity index (χ4n) is 1.53. The van der Waals surface area contributed by atoms with E-state index in [0.717, 1.165) is 5.56 Å². The maximum Gasteiger partial charge on any atom is 1.00 e. The molecule has 1 aromatic heterocycles. The summed E-state index contributed by atoms with van der Waals surface area (Å²) in [6.07, 6.45) is 0.483. The molecule has 5 N–H and O–H groups in total. The Balaban J connectivity index is 0.00000162. The normalized spacial score (nSPS) is 9.83. The molecule has 0 bridgehead atoms. The molecule has 7 heteroatoms. The van der Waals surface area contributed by atoms with E-state index in [9.17, 15) is 4.39 Å². The maximum atomic E-state index is 12.8. The standard InChI is InChI=1S/C11H11FN4S.K/c12-7-3-1-6(2-4-7)5-8-9(13)15-11(17)16-10(8)14;/h1-4H,5H2,(H5,13,14,15,16,17);/q;+1. The Kier molecular flexibility index (Phi) is 5.89. The summed E-state index contributed by atoms with van der Waals surface area (Å²) < 4.78 is 13.0. The number of aromatic nitrogens is 2. The number of H-pyrrole nitrogens is 1. The van der Waals surface area contributed by atoms with Crippen LogP contribution in [0.4, 0.5) is 16.0 Å². The summed E-state index contributed by atoms with van der Waals surface area (Å²) in [6.45, 7) is 0. The van der Waals surface area contributed by atoms with Crippen LogP contribution in [0, 0.1) is 10.6 Å². The van der Waals surface area contributed by atoms with Gasteiger partial charge in [-0.1, -0.05) is 12.1 Å². The number of hydrogen-bond acceptors (Lipinski definition) is 4. The van der Waals surface area contributed by atoms with Crippen molar-refractivity contribution < 1.29 is 55.8 Å². The van der Waals surface area contributed by atoms with E-state index in [1.165, 1.54) is 12.1 Å². The molecule has 0 aliphatic carbocycles. The smallest absolute Gasteiger partial charge is 0.385 e. The van der Waals surface area contributed by atoms with E-state index in [-0.39, 0.29) is 62.0 Å². The summed E-state index contributed by atoms with van der Waals surface area (Å²) in [5.41, 5.74) is 13.1. The van der Waals surface area contributed by atoms with E-state index in [1.807, 2.05) is 0 Å². The van der Waals surface area contributed by atoms with Crippen LogP contribution in [0.25, 0.3) is 0 Å². The number of benzene rings is 1. The third kappa shape index (κ3) is 3.84. The van der Waals surface area contributed by atoms with E-state index in [0.29, 0.717) is 23.6 Å². The molecule has 4 nitrogen and oxygen atoms in total. The summed E-state index contributed by atoms with van der Waals surface area (Å²) in [5.74, 6) is 0.419. The van der Waals surface area contributed by atoms with Crippen LogP contribution < -0.4 is 62.9 Å². The van der Waals surface area contributed by atoms with Gasteiger partial charge in [-0.15, -0.1) is 0 Å². The summed E-state index contributed by atoms with van der Waals surface area (Å²) in [7, 11) is 0. The predicted octanol–water partition coefficient (Wildman–Crippen LogP) is -0.963. The molecule has 0 unspecified atom stereocenters. The number of hydrogen-bond donors (Lipinski definition) is 3. The fraction of sp³-hybridized carbons (Fsp3) is 0.0909. The van der Waals surface area contributed by atoms with Gasteiger partial charge in [-0.05, 0) is 29.9 Å². The van der Waals surface area contributed by atoms with Crippen molar-refractivity contribution in [3.05, 3.63) is 46.0 Å². The molecule has 0 radical (unpaired) electrons. The number of aromatic amines is 1. The first-order valence-electron chi connectivity index (χ1n) is 4.95. The maximum absolute atomic E-state index is 12.8. The molecule has 0 saturated heterocycles. The monoisotopic (exact) mass is 289 g/mol. The van der Waals surface area contributed by atoms with Crippen molar-refractivity contribution in [3.63, 3.8) is 0 Å². The van der Waals surface area contributed by atoms with Gasteiger partial charge in [-0.2, -0.15) is 0 Å². The molecule has 0 atom stereocenters. The van der Waals surface area contributed by atoms with Gasteiger partial charge in [-0.25, -0.2) is 9.37 Å². The first kappa shape index (κ1) is 15.7. The molecule has 0 aliphatic heterocycles. The quantitative estimate of drug-likeness (QED) is 0.491. The third-order valence-electron chi connectivity index (χ3n) is 2.39. The van der Waals surface area contributed by atoms with Crippen LogP contribution in [0.1, 0.15) is 11.1 Å². The van der Waals surface area contributed by atoms with E-state index in [2.05, 4.69) is 9.97 Å². The van der Waals surface area contributed by atoms with Crippen molar-refractivity contribution >= 4 is 23.9 Å². The second kappa shape index (κ2) is 6.74. The zero-order valence-electron chi connectivity index (χ0n) is 9.90. The molecule has 0 saturated carbocycles. The van der Waals surface area contributed by atoms with Crippen LogP contribution in [-0.4, -0.2) is 9.97 Å². The largest absolute Gasteiger partial charge is 1.00 e. The Morgan fingerprint density at radius 1 is 1.22 bits per heavy atom. The van der Waals surface area contributed by atoms with Crippen LogP contribution in [-0.2, 0) is 6.42 Å². The summed E-state index contributed by atoms with van der Waals surface area (Å²) in [5, 5.41) is 0. The van der Waals surface area contributed by atoms with Crippen molar-refractivity contribution in [2.45, 2.75) is 6.42 Å². The summed E-state index contributed by atoms with van der Waals surface area (Å²) >= 11 is 4.85. The van der Waals surface area contributed by atoms with Crippen LogP contribution in [0.5, 0.6) is 0 Å². The number of halogens is 1. The molecular formula is C11H11FKN4S+. The predicted molar refractivity (Wildman–Crippen MR) is 67.5 cm³/mol. The first-order chi connectivity index (χ1) is 8.06. The number of anilines is 2. The minimum absolute atomic E-state index is 0. The Hall–Kier alpha value is -0.314. The minimum Gasteiger partial charge on any atom is -0.385 e. The third-order valence-corrected chi connectivity index (χ3v) is 2.59. The molecular weight excluding hydrogens is 278 g/mol.